The molecule has 0 saturated carbocycles. The van der Waals surface area contributed by atoms with Crippen molar-refractivity contribution in [2.24, 2.45) is 0 Å². The van der Waals surface area contributed by atoms with Crippen LogP contribution < -0.4 is 5.32 Å². The molecule has 5 heteroatoms. The largest absolute Gasteiger partial charge is 0.383 e. The van der Waals surface area contributed by atoms with E-state index in [-0.39, 0.29) is 5.91 Å². The van der Waals surface area contributed by atoms with E-state index in [1.165, 1.54) is 10.5 Å². The Balaban J connectivity index is 1.78. The number of fused-ring (bicyclic) bond motifs is 1. The fraction of sp³-hybridized carbons (Fsp3) is 0.533. The van der Waals surface area contributed by atoms with Crippen molar-refractivity contribution in [2.45, 2.75) is 10.8 Å². The molecule has 110 valence electrons. The maximum Gasteiger partial charge on any atom is 0.234 e. The number of ether oxygens (including phenoxy) is 1. The number of carbonyl (C=O) groups is 1. The van der Waals surface area contributed by atoms with Crippen LogP contribution in [-0.2, 0) is 9.53 Å². The zero-order valence-electron chi connectivity index (χ0n) is 12.1. The van der Waals surface area contributed by atoms with E-state index in [0.29, 0.717) is 25.6 Å². The Kier molecular flexibility index (Phi) is 5.88. The van der Waals surface area contributed by atoms with Gasteiger partial charge in [0, 0.05) is 36.8 Å². The second-order valence-corrected chi connectivity index (χ2v) is 6.15. The highest BCUT2D eigenvalue weighted by Gasteiger charge is 2.24. The number of carbonyl (C=O) groups excluding carboxylic acids is 1. The third kappa shape index (κ3) is 4.23. The van der Waals surface area contributed by atoms with Crippen molar-refractivity contribution in [1.82, 2.24) is 10.2 Å². The van der Waals surface area contributed by atoms with Crippen molar-refractivity contribution in [3.8, 4) is 0 Å². The van der Waals surface area contributed by atoms with Gasteiger partial charge in [-0.25, -0.2) is 0 Å². The summed E-state index contributed by atoms with van der Waals surface area (Å²) in [5, 5.41) is 2.85. The first-order chi connectivity index (χ1) is 9.70. The molecule has 1 heterocycles. The molecular weight excluding hydrogens is 272 g/mol. The van der Waals surface area contributed by atoms with Crippen LogP contribution in [0, 0.1) is 0 Å². The monoisotopic (exact) mass is 294 g/mol. The number of nitrogens with zero attached hydrogens (tertiary/aromatic N) is 1. The van der Waals surface area contributed by atoms with Gasteiger partial charge in [-0.15, -0.1) is 11.8 Å². The quantitative estimate of drug-likeness (QED) is 0.775. The zero-order valence-corrected chi connectivity index (χ0v) is 12.9. The van der Waals surface area contributed by atoms with Gasteiger partial charge in [-0.3, -0.25) is 9.69 Å². The van der Waals surface area contributed by atoms with Crippen LogP contribution in [0.2, 0.25) is 0 Å². The first-order valence-electron chi connectivity index (χ1n) is 6.86. The highest BCUT2D eigenvalue weighted by Crippen LogP contribution is 2.39. The minimum absolute atomic E-state index is 0.0588. The summed E-state index contributed by atoms with van der Waals surface area (Å²) in [7, 11) is 3.63. The van der Waals surface area contributed by atoms with E-state index in [9.17, 15) is 4.79 Å². The summed E-state index contributed by atoms with van der Waals surface area (Å²) in [6.45, 7) is 2.49. The standard InChI is InChI=1S/C15H22N2O2S/c1-17(10-15(18)16-7-8-19-2)9-12-11-20-14-6-4-3-5-13(12)14/h3-6,12H,7-11H2,1-2H3,(H,16,18). The maximum absolute atomic E-state index is 11.7. The van der Waals surface area contributed by atoms with E-state index >= 15 is 0 Å². The molecule has 0 radical (unpaired) electrons. The molecule has 4 nitrogen and oxygen atoms in total. The Morgan fingerprint density at radius 1 is 1.50 bits per heavy atom. The molecule has 1 aromatic rings. The number of hydrogen-bond acceptors (Lipinski definition) is 4. The maximum atomic E-state index is 11.7. The Hall–Kier alpha value is -1.04. The number of methoxy groups -OCH3 is 1. The summed E-state index contributed by atoms with van der Waals surface area (Å²) in [4.78, 5) is 15.2. The van der Waals surface area contributed by atoms with Crippen LogP contribution in [0.1, 0.15) is 11.5 Å². The van der Waals surface area contributed by atoms with Crippen molar-refractivity contribution in [3.05, 3.63) is 29.8 Å². The second kappa shape index (κ2) is 7.67. The Bertz CT molecular complexity index is 453. The van der Waals surface area contributed by atoms with Gasteiger partial charge in [0.15, 0.2) is 0 Å². The molecule has 20 heavy (non-hydrogen) atoms. The summed E-state index contributed by atoms with van der Waals surface area (Å²) >= 11 is 1.91. The Labute approximate surface area is 124 Å². The van der Waals surface area contributed by atoms with E-state index in [1.54, 1.807) is 7.11 Å². The van der Waals surface area contributed by atoms with Crippen LogP contribution in [0.5, 0.6) is 0 Å². The third-order valence-electron chi connectivity index (χ3n) is 3.37. The number of rotatable bonds is 7. The summed E-state index contributed by atoms with van der Waals surface area (Å²) in [5.41, 5.74) is 1.42. The van der Waals surface area contributed by atoms with Crippen LogP contribution >= 0.6 is 11.8 Å². The second-order valence-electron chi connectivity index (χ2n) is 5.09. The molecule has 0 bridgehead atoms. The summed E-state index contributed by atoms with van der Waals surface area (Å²) < 4.78 is 4.91. The predicted molar refractivity (Wildman–Crippen MR) is 82.3 cm³/mol. The molecule has 1 N–H and O–H groups in total. The SMILES string of the molecule is COCCNC(=O)CN(C)CC1CSc2ccccc21. The van der Waals surface area contributed by atoms with Crippen LogP contribution in [0.15, 0.2) is 29.2 Å². The lowest BCUT2D eigenvalue weighted by molar-refractivity contribution is -0.122. The smallest absolute Gasteiger partial charge is 0.234 e. The summed E-state index contributed by atoms with van der Waals surface area (Å²) in [6.07, 6.45) is 0. The topological polar surface area (TPSA) is 41.6 Å². The van der Waals surface area contributed by atoms with Gasteiger partial charge < -0.3 is 10.1 Å². The highest BCUT2D eigenvalue weighted by atomic mass is 32.2. The molecule has 1 aliphatic heterocycles. The van der Waals surface area contributed by atoms with Gasteiger partial charge in [0.05, 0.1) is 13.2 Å². The lowest BCUT2D eigenvalue weighted by Crippen LogP contribution is -2.38. The van der Waals surface area contributed by atoms with E-state index in [0.717, 1.165) is 12.3 Å². The zero-order chi connectivity index (χ0) is 14.4. The van der Waals surface area contributed by atoms with Crippen LogP contribution in [-0.4, -0.2) is 57.0 Å². The number of amides is 1. The molecule has 0 aromatic heterocycles. The van der Waals surface area contributed by atoms with E-state index in [1.807, 2.05) is 18.8 Å². The molecule has 1 aromatic carbocycles. The summed E-state index contributed by atoms with van der Waals surface area (Å²) in [5.74, 6) is 1.69. The Morgan fingerprint density at radius 3 is 3.10 bits per heavy atom. The fourth-order valence-electron chi connectivity index (χ4n) is 2.41. The number of hydrogen-bond donors (Lipinski definition) is 1. The number of thioether (sulfide) groups is 1. The number of nitrogens with one attached hydrogen (secondary N) is 1. The van der Waals surface area contributed by atoms with E-state index < -0.39 is 0 Å². The average molecular weight is 294 g/mol. The van der Waals surface area contributed by atoms with Gasteiger partial charge >= 0.3 is 0 Å². The van der Waals surface area contributed by atoms with Crippen molar-refractivity contribution in [2.75, 3.05) is 46.2 Å². The third-order valence-corrected chi connectivity index (χ3v) is 4.62. The van der Waals surface area contributed by atoms with Gasteiger partial charge in [0.1, 0.15) is 0 Å². The Morgan fingerprint density at radius 2 is 2.30 bits per heavy atom. The van der Waals surface area contributed by atoms with Crippen LogP contribution in [0.25, 0.3) is 0 Å². The van der Waals surface area contributed by atoms with Gasteiger partial charge in [-0.1, -0.05) is 18.2 Å². The van der Waals surface area contributed by atoms with E-state index in [2.05, 4.69) is 34.5 Å². The lowest BCUT2D eigenvalue weighted by atomic mass is 10.0. The first-order valence-corrected chi connectivity index (χ1v) is 7.85. The molecule has 1 atom stereocenters. The molecule has 1 aliphatic rings. The van der Waals surface area contributed by atoms with Crippen molar-refractivity contribution in [1.29, 1.82) is 0 Å². The van der Waals surface area contributed by atoms with Crippen molar-refractivity contribution < 1.29 is 9.53 Å². The van der Waals surface area contributed by atoms with Crippen molar-refractivity contribution in [3.63, 3.8) is 0 Å². The summed E-state index contributed by atoms with van der Waals surface area (Å²) in [6, 6.07) is 8.56. The van der Waals surface area contributed by atoms with E-state index in [4.69, 9.17) is 4.74 Å². The molecule has 0 saturated heterocycles. The van der Waals surface area contributed by atoms with Gasteiger partial charge in [-0.05, 0) is 18.7 Å². The van der Waals surface area contributed by atoms with Gasteiger partial charge in [0.2, 0.25) is 5.91 Å². The van der Waals surface area contributed by atoms with Crippen molar-refractivity contribution >= 4 is 17.7 Å². The lowest BCUT2D eigenvalue weighted by Gasteiger charge is -2.20. The van der Waals surface area contributed by atoms with Gasteiger partial charge in [-0.2, -0.15) is 0 Å². The number of likely N-dealkylation sites (N-methyl/N-ethyl adjacent to an activating group) is 1. The first kappa shape index (κ1) is 15.4. The van der Waals surface area contributed by atoms with Crippen LogP contribution in [0.3, 0.4) is 0 Å². The minimum Gasteiger partial charge on any atom is -0.383 e. The average Bonchev–Trinajstić information content (AvgIpc) is 2.82. The normalized spacial score (nSPS) is 17.2. The highest BCUT2D eigenvalue weighted by molar-refractivity contribution is 7.99. The molecule has 1 amide bonds. The number of benzene rings is 1. The fourth-order valence-corrected chi connectivity index (χ4v) is 3.66. The van der Waals surface area contributed by atoms with Crippen LogP contribution in [0.4, 0.5) is 0 Å². The molecule has 0 spiro atoms. The molecular formula is C15H22N2O2S. The molecule has 2 rings (SSSR count). The predicted octanol–water partition coefficient (Wildman–Crippen LogP) is 1.57. The molecule has 1 unspecified atom stereocenters. The van der Waals surface area contributed by atoms with Gasteiger partial charge in [0.25, 0.3) is 0 Å². The molecule has 0 fully saturated rings. The molecule has 0 aliphatic carbocycles. The minimum atomic E-state index is 0.0588.